The molecule has 0 aliphatic heterocycles. The van der Waals surface area contributed by atoms with E-state index in [2.05, 4.69) is 22.1 Å². The van der Waals surface area contributed by atoms with Gasteiger partial charge in [0.15, 0.2) is 0 Å². The van der Waals surface area contributed by atoms with Crippen molar-refractivity contribution in [1.29, 1.82) is 0 Å². The lowest BCUT2D eigenvalue weighted by molar-refractivity contribution is 0.207. The van der Waals surface area contributed by atoms with Gasteiger partial charge in [-0.05, 0) is 23.8 Å². The Bertz CT molecular complexity index is 771. The van der Waals surface area contributed by atoms with Crippen LogP contribution < -0.4 is 10.5 Å². The summed E-state index contributed by atoms with van der Waals surface area (Å²) in [7, 11) is 0. The first kappa shape index (κ1) is 13.5. The standard InChI is InChI=1S/C15H13N3O2S/c16-14(19)20-15-17-12-7-6-11(8-13(12)18-15)21-9-10-4-2-1-3-5-10/h1-8H,9H2,(H2,16,19)(H,17,18). The molecule has 0 saturated heterocycles. The largest absolute Gasteiger partial charge is 0.412 e. The van der Waals surface area contributed by atoms with Gasteiger partial charge in [0.2, 0.25) is 0 Å². The molecule has 6 heteroatoms. The number of benzene rings is 2. The number of thioether (sulfide) groups is 1. The summed E-state index contributed by atoms with van der Waals surface area (Å²) in [5.41, 5.74) is 7.77. The number of primary amides is 1. The molecule has 5 nitrogen and oxygen atoms in total. The molecule has 0 atom stereocenters. The number of fused-ring (bicyclic) bond motifs is 1. The van der Waals surface area contributed by atoms with Gasteiger partial charge in [-0.15, -0.1) is 11.8 Å². The van der Waals surface area contributed by atoms with E-state index in [0.29, 0.717) is 0 Å². The summed E-state index contributed by atoms with van der Waals surface area (Å²) in [6.45, 7) is 0. The van der Waals surface area contributed by atoms with Crippen LogP contribution in [-0.2, 0) is 5.75 Å². The van der Waals surface area contributed by atoms with E-state index < -0.39 is 6.09 Å². The first-order valence-electron chi connectivity index (χ1n) is 6.34. The summed E-state index contributed by atoms with van der Waals surface area (Å²) in [6.07, 6.45) is -0.882. The molecule has 0 bridgehead atoms. The number of nitrogens with two attached hydrogens (primary N) is 1. The minimum atomic E-state index is -0.882. The van der Waals surface area contributed by atoms with Crippen LogP contribution in [0.2, 0.25) is 0 Å². The molecule has 0 saturated carbocycles. The van der Waals surface area contributed by atoms with Crippen LogP contribution in [0.25, 0.3) is 11.0 Å². The number of carbonyl (C=O) groups is 1. The number of aromatic nitrogens is 2. The van der Waals surface area contributed by atoms with Crippen molar-refractivity contribution in [3.63, 3.8) is 0 Å². The Morgan fingerprint density at radius 2 is 2.05 bits per heavy atom. The summed E-state index contributed by atoms with van der Waals surface area (Å²) in [5, 5.41) is 0. The van der Waals surface area contributed by atoms with Crippen LogP contribution in [0.3, 0.4) is 0 Å². The van der Waals surface area contributed by atoms with E-state index >= 15 is 0 Å². The van der Waals surface area contributed by atoms with Crippen molar-refractivity contribution in [3.8, 4) is 6.01 Å². The molecule has 3 aromatic rings. The summed E-state index contributed by atoms with van der Waals surface area (Å²) < 4.78 is 4.73. The van der Waals surface area contributed by atoms with Crippen LogP contribution in [0.5, 0.6) is 6.01 Å². The van der Waals surface area contributed by atoms with Gasteiger partial charge in [-0.2, -0.15) is 4.98 Å². The fraction of sp³-hybridized carbons (Fsp3) is 0.0667. The van der Waals surface area contributed by atoms with Crippen molar-refractivity contribution in [2.45, 2.75) is 10.6 Å². The van der Waals surface area contributed by atoms with Gasteiger partial charge in [0.25, 0.3) is 0 Å². The molecule has 21 heavy (non-hydrogen) atoms. The number of hydrogen-bond acceptors (Lipinski definition) is 4. The smallest absolute Gasteiger partial charge is 0.376 e. The number of imidazole rings is 1. The van der Waals surface area contributed by atoms with Gasteiger partial charge >= 0.3 is 12.1 Å². The molecular weight excluding hydrogens is 286 g/mol. The number of nitrogens with zero attached hydrogens (tertiary/aromatic N) is 1. The van der Waals surface area contributed by atoms with E-state index in [1.807, 2.05) is 36.4 Å². The van der Waals surface area contributed by atoms with Crippen LogP contribution in [0.15, 0.2) is 53.4 Å². The minimum absolute atomic E-state index is 0.114. The van der Waals surface area contributed by atoms with Crippen molar-refractivity contribution in [3.05, 3.63) is 54.1 Å². The molecule has 0 unspecified atom stereocenters. The molecule has 2 aromatic carbocycles. The van der Waals surface area contributed by atoms with Crippen LogP contribution in [0.1, 0.15) is 5.56 Å². The SMILES string of the molecule is NC(=O)Oc1nc2cc(SCc3ccccc3)ccc2[nH]1. The predicted molar refractivity (Wildman–Crippen MR) is 82.3 cm³/mol. The third kappa shape index (κ3) is 3.35. The Kier molecular flexibility index (Phi) is 3.79. The average Bonchev–Trinajstić information content (AvgIpc) is 2.86. The lowest BCUT2D eigenvalue weighted by Gasteiger charge is -2.01. The molecule has 1 aromatic heterocycles. The second-order valence-corrected chi connectivity index (χ2v) is 5.47. The maximum Gasteiger partial charge on any atom is 0.412 e. The molecule has 1 amide bonds. The van der Waals surface area contributed by atoms with Crippen molar-refractivity contribution < 1.29 is 9.53 Å². The van der Waals surface area contributed by atoms with E-state index in [-0.39, 0.29) is 6.01 Å². The van der Waals surface area contributed by atoms with Crippen LogP contribution in [0, 0.1) is 0 Å². The van der Waals surface area contributed by atoms with Crippen molar-refractivity contribution in [2.24, 2.45) is 5.73 Å². The zero-order valence-electron chi connectivity index (χ0n) is 11.1. The number of carbonyl (C=O) groups excluding carboxylic acids is 1. The molecule has 3 rings (SSSR count). The maximum absolute atomic E-state index is 10.7. The quantitative estimate of drug-likeness (QED) is 0.724. The van der Waals surface area contributed by atoms with Gasteiger partial charge in [0.1, 0.15) is 0 Å². The summed E-state index contributed by atoms with van der Waals surface area (Å²) >= 11 is 1.73. The number of ether oxygens (including phenoxy) is 1. The molecule has 0 aliphatic rings. The maximum atomic E-state index is 10.7. The fourth-order valence-electron chi connectivity index (χ4n) is 1.94. The Labute approximate surface area is 125 Å². The highest BCUT2D eigenvalue weighted by atomic mass is 32.2. The Morgan fingerprint density at radius 3 is 2.81 bits per heavy atom. The summed E-state index contributed by atoms with van der Waals surface area (Å²) in [6, 6.07) is 16.2. The van der Waals surface area contributed by atoms with Gasteiger partial charge in [-0.1, -0.05) is 30.3 Å². The van der Waals surface area contributed by atoms with Crippen LogP contribution >= 0.6 is 11.8 Å². The highest BCUT2D eigenvalue weighted by Crippen LogP contribution is 2.26. The number of hydrogen-bond donors (Lipinski definition) is 2. The number of aromatic amines is 1. The van der Waals surface area contributed by atoms with Crippen molar-refractivity contribution in [1.82, 2.24) is 9.97 Å². The number of H-pyrrole nitrogens is 1. The molecule has 3 N–H and O–H groups in total. The minimum Gasteiger partial charge on any atom is -0.376 e. The monoisotopic (exact) mass is 299 g/mol. The molecule has 0 radical (unpaired) electrons. The van der Waals surface area contributed by atoms with Crippen LogP contribution in [0.4, 0.5) is 4.79 Å². The van der Waals surface area contributed by atoms with E-state index in [1.165, 1.54) is 5.56 Å². The van der Waals surface area contributed by atoms with Gasteiger partial charge in [0.05, 0.1) is 11.0 Å². The predicted octanol–water partition coefficient (Wildman–Crippen LogP) is 3.31. The molecule has 0 aliphatic carbocycles. The van der Waals surface area contributed by atoms with E-state index in [1.54, 1.807) is 11.8 Å². The van der Waals surface area contributed by atoms with E-state index in [0.717, 1.165) is 21.7 Å². The second-order valence-electron chi connectivity index (χ2n) is 4.42. The highest BCUT2D eigenvalue weighted by Gasteiger charge is 2.07. The first-order chi connectivity index (χ1) is 10.2. The molecule has 1 heterocycles. The first-order valence-corrected chi connectivity index (χ1v) is 7.33. The number of nitrogens with one attached hydrogen (secondary N) is 1. The molecular formula is C15H13N3O2S. The summed E-state index contributed by atoms with van der Waals surface area (Å²) in [5.74, 6) is 0.890. The third-order valence-electron chi connectivity index (χ3n) is 2.88. The topological polar surface area (TPSA) is 81.0 Å². The van der Waals surface area contributed by atoms with Gasteiger partial charge in [0, 0.05) is 10.6 Å². The van der Waals surface area contributed by atoms with Gasteiger partial charge in [-0.25, -0.2) is 4.79 Å². The Morgan fingerprint density at radius 1 is 1.24 bits per heavy atom. The Hall–Kier alpha value is -2.47. The molecule has 0 spiro atoms. The normalized spacial score (nSPS) is 10.7. The third-order valence-corrected chi connectivity index (χ3v) is 3.94. The Balaban J connectivity index is 1.76. The van der Waals surface area contributed by atoms with Crippen molar-refractivity contribution in [2.75, 3.05) is 0 Å². The van der Waals surface area contributed by atoms with Gasteiger partial charge in [-0.3, -0.25) is 0 Å². The van der Waals surface area contributed by atoms with Gasteiger partial charge < -0.3 is 15.5 Å². The lowest BCUT2D eigenvalue weighted by Crippen LogP contribution is -2.16. The summed E-state index contributed by atoms with van der Waals surface area (Å²) in [4.78, 5) is 18.9. The van der Waals surface area contributed by atoms with E-state index in [9.17, 15) is 4.79 Å². The number of amides is 1. The zero-order valence-corrected chi connectivity index (χ0v) is 11.9. The molecule has 0 fully saturated rings. The second kappa shape index (κ2) is 5.88. The fourth-order valence-corrected chi connectivity index (χ4v) is 2.82. The lowest BCUT2D eigenvalue weighted by atomic mass is 10.2. The number of rotatable bonds is 4. The average molecular weight is 299 g/mol. The highest BCUT2D eigenvalue weighted by molar-refractivity contribution is 7.98. The molecule has 106 valence electrons. The van der Waals surface area contributed by atoms with Crippen molar-refractivity contribution >= 4 is 28.9 Å². The van der Waals surface area contributed by atoms with Crippen LogP contribution in [-0.4, -0.2) is 16.1 Å². The zero-order chi connectivity index (χ0) is 14.7. The van der Waals surface area contributed by atoms with E-state index in [4.69, 9.17) is 10.5 Å².